The van der Waals surface area contributed by atoms with Gasteiger partial charge in [0.05, 0.1) is 25.0 Å². The lowest BCUT2D eigenvalue weighted by Crippen LogP contribution is -2.37. The first-order chi connectivity index (χ1) is 13.9. The Labute approximate surface area is 170 Å². The molecular formula is C23H26O6. The van der Waals surface area contributed by atoms with Gasteiger partial charge in [-0.1, -0.05) is 48.5 Å². The van der Waals surface area contributed by atoms with Crippen molar-refractivity contribution in [3.8, 4) is 11.1 Å². The molecule has 2 aromatic rings. The summed E-state index contributed by atoms with van der Waals surface area (Å²) in [5.41, 5.74) is 3.68. The fourth-order valence-electron chi connectivity index (χ4n) is 4.58. The summed E-state index contributed by atoms with van der Waals surface area (Å²) < 4.78 is 11.1. The highest BCUT2D eigenvalue weighted by Crippen LogP contribution is 2.54. The molecule has 6 heteroatoms. The zero-order valence-corrected chi connectivity index (χ0v) is 16.6. The molecule has 0 bridgehead atoms. The number of methoxy groups -OCH3 is 2. The van der Waals surface area contributed by atoms with Crippen LogP contribution in [-0.4, -0.2) is 48.6 Å². The van der Waals surface area contributed by atoms with Crippen LogP contribution < -0.4 is 0 Å². The Hall–Kier alpha value is -2.70. The molecule has 154 valence electrons. The molecule has 1 aliphatic carbocycles. The van der Waals surface area contributed by atoms with Crippen LogP contribution in [0.4, 0.5) is 0 Å². The highest BCUT2D eigenvalue weighted by Gasteiger charge is 2.46. The molecule has 0 aromatic heterocycles. The van der Waals surface area contributed by atoms with E-state index in [0.717, 1.165) is 22.3 Å². The lowest BCUT2D eigenvalue weighted by Gasteiger charge is -2.37. The first kappa shape index (κ1) is 21.0. The SMILES string of the molecule is COC(CC(=O)O)CC1(CC(CC(=O)O)OC)c2ccccc2-c2ccccc21. The molecule has 0 heterocycles. The smallest absolute Gasteiger partial charge is 0.305 e. The van der Waals surface area contributed by atoms with E-state index in [0.29, 0.717) is 12.8 Å². The Morgan fingerprint density at radius 1 is 0.793 bits per heavy atom. The van der Waals surface area contributed by atoms with Gasteiger partial charge in [0.25, 0.3) is 0 Å². The normalized spacial score (nSPS) is 15.9. The number of carboxylic acids is 2. The van der Waals surface area contributed by atoms with E-state index in [1.165, 1.54) is 14.2 Å². The summed E-state index contributed by atoms with van der Waals surface area (Å²) in [6.45, 7) is 0. The molecule has 6 nitrogen and oxygen atoms in total. The molecule has 2 unspecified atom stereocenters. The standard InChI is InChI=1S/C23H26O6/c1-28-15(11-21(24)25)13-23(14-16(29-2)12-22(26)27)19-9-5-3-7-17(19)18-8-4-6-10-20(18)23/h3-10,15-16H,11-14H2,1-2H3,(H,24,25)(H,26,27). The Balaban J connectivity index is 2.15. The van der Waals surface area contributed by atoms with Crippen LogP contribution in [0.15, 0.2) is 48.5 Å². The summed E-state index contributed by atoms with van der Waals surface area (Å²) in [6.07, 6.45) is -0.451. The molecule has 29 heavy (non-hydrogen) atoms. The number of hydrogen-bond donors (Lipinski definition) is 2. The summed E-state index contributed by atoms with van der Waals surface area (Å²) in [5.74, 6) is -1.86. The summed E-state index contributed by atoms with van der Waals surface area (Å²) in [5, 5.41) is 18.7. The number of ether oxygens (including phenoxy) is 2. The van der Waals surface area contributed by atoms with Crippen molar-refractivity contribution >= 4 is 11.9 Å². The van der Waals surface area contributed by atoms with Gasteiger partial charge in [-0.3, -0.25) is 9.59 Å². The minimum absolute atomic E-state index is 0.126. The third-order valence-electron chi connectivity index (χ3n) is 5.80. The molecule has 2 atom stereocenters. The number of benzene rings is 2. The Morgan fingerprint density at radius 2 is 1.17 bits per heavy atom. The average molecular weight is 398 g/mol. The highest BCUT2D eigenvalue weighted by atomic mass is 16.5. The summed E-state index contributed by atoms with van der Waals surface area (Å²) >= 11 is 0. The first-order valence-electron chi connectivity index (χ1n) is 9.60. The van der Waals surface area contributed by atoms with Crippen LogP contribution in [0.1, 0.15) is 36.8 Å². The largest absolute Gasteiger partial charge is 0.481 e. The van der Waals surface area contributed by atoms with Gasteiger partial charge >= 0.3 is 11.9 Å². The van der Waals surface area contributed by atoms with Gasteiger partial charge in [0.15, 0.2) is 0 Å². The molecule has 1 aliphatic rings. The molecular weight excluding hydrogens is 372 g/mol. The average Bonchev–Trinajstić information content (AvgIpc) is 2.97. The van der Waals surface area contributed by atoms with Gasteiger partial charge in [-0.05, 0) is 35.1 Å². The summed E-state index contributed by atoms with van der Waals surface area (Å²) in [6, 6.07) is 16.0. The molecule has 0 saturated heterocycles. The van der Waals surface area contributed by atoms with Crippen LogP contribution in [0.5, 0.6) is 0 Å². The quantitative estimate of drug-likeness (QED) is 0.634. The van der Waals surface area contributed by atoms with E-state index in [4.69, 9.17) is 9.47 Å². The van der Waals surface area contributed by atoms with Crippen LogP contribution in [0.2, 0.25) is 0 Å². The van der Waals surface area contributed by atoms with Crippen LogP contribution >= 0.6 is 0 Å². The maximum atomic E-state index is 11.4. The number of carboxylic acid groups (broad SMARTS) is 2. The van der Waals surface area contributed by atoms with Crippen molar-refractivity contribution in [2.24, 2.45) is 0 Å². The topological polar surface area (TPSA) is 93.1 Å². The van der Waals surface area contributed by atoms with Crippen molar-refractivity contribution in [2.75, 3.05) is 14.2 Å². The lowest BCUT2D eigenvalue weighted by molar-refractivity contribution is -0.140. The highest BCUT2D eigenvalue weighted by molar-refractivity contribution is 5.81. The van der Waals surface area contributed by atoms with Crippen molar-refractivity contribution in [2.45, 2.75) is 43.3 Å². The van der Waals surface area contributed by atoms with Crippen molar-refractivity contribution < 1.29 is 29.3 Å². The Morgan fingerprint density at radius 3 is 1.52 bits per heavy atom. The van der Waals surface area contributed by atoms with E-state index in [9.17, 15) is 19.8 Å². The third kappa shape index (κ3) is 4.18. The zero-order valence-electron chi connectivity index (χ0n) is 16.6. The van der Waals surface area contributed by atoms with Gasteiger partial charge in [-0.15, -0.1) is 0 Å². The number of rotatable bonds is 10. The third-order valence-corrected chi connectivity index (χ3v) is 5.80. The second-order valence-corrected chi connectivity index (χ2v) is 7.49. The summed E-state index contributed by atoms with van der Waals surface area (Å²) in [4.78, 5) is 22.8. The predicted octanol–water partition coefficient (Wildman–Crippen LogP) is 3.71. The number of hydrogen-bond acceptors (Lipinski definition) is 4. The Kier molecular flexibility index (Phi) is 6.35. The molecule has 2 aromatic carbocycles. The molecule has 0 amide bonds. The van der Waals surface area contributed by atoms with Gasteiger partial charge in [-0.2, -0.15) is 0 Å². The van der Waals surface area contributed by atoms with Gasteiger partial charge in [0.2, 0.25) is 0 Å². The number of aliphatic carboxylic acids is 2. The van der Waals surface area contributed by atoms with E-state index in [1.54, 1.807) is 0 Å². The predicted molar refractivity (Wildman–Crippen MR) is 108 cm³/mol. The van der Waals surface area contributed by atoms with E-state index in [-0.39, 0.29) is 12.8 Å². The number of carbonyl (C=O) groups is 2. The second kappa shape index (κ2) is 8.76. The van der Waals surface area contributed by atoms with Crippen LogP contribution in [0.3, 0.4) is 0 Å². The molecule has 0 aliphatic heterocycles. The second-order valence-electron chi connectivity index (χ2n) is 7.49. The van der Waals surface area contributed by atoms with Gasteiger partial charge in [-0.25, -0.2) is 0 Å². The van der Waals surface area contributed by atoms with E-state index in [1.807, 2.05) is 48.5 Å². The lowest BCUT2D eigenvalue weighted by atomic mass is 9.69. The molecule has 2 N–H and O–H groups in total. The molecule has 0 saturated carbocycles. The first-order valence-corrected chi connectivity index (χ1v) is 9.60. The van der Waals surface area contributed by atoms with Crippen molar-refractivity contribution in [1.82, 2.24) is 0 Å². The maximum Gasteiger partial charge on any atom is 0.305 e. The van der Waals surface area contributed by atoms with E-state index < -0.39 is 29.6 Å². The van der Waals surface area contributed by atoms with Crippen LogP contribution in [0, 0.1) is 0 Å². The van der Waals surface area contributed by atoms with Crippen molar-refractivity contribution in [3.05, 3.63) is 59.7 Å². The van der Waals surface area contributed by atoms with Gasteiger partial charge < -0.3 is 19.7 Å². The molecule has 0 radical (unpaired) electrons. The molecule has 0 fully saturated rings. The van der Waals surface area contributed by atoms with Gasteiger partial charge in [0, 0.05) is 19.6 Å². The maximum absolute atomic E-state index is 11.4. The summed E-state index contributed by atoms with van der Waals surface area (Å²) in [7, 11) is 3.03. The van der Waals surface area contributed by atoms with E-state index >= 15 is 0 Å². The zero-order chi connectivity index (χ0) is 21.0. The van der Waals surface area contributed by atoms with Crippen molar-refractivity contribution in [1.29, 1.82) is 0 Å². The molecule has 3 rings (SSSR count). The van der Waals surface area contributed by atoms with Crippen LogP contribution in [-0.2, 0) is 24.5 Å². The monoisotopic (exact) mass is 398 g/mol. The Bertz CT molecular complexity index is 817. The fraction of sp³-hybridized carbons (Fsp3) is 0.391. The van der Waals surface area contributed by atoms with Crippen LogP contribution in [0.25, 0.3) is 11.1 Å². The minimum atomic E-state index is -0.930. The van der Waals surface area contributed by atoms with E-state index in [2.05, 4.69) is 0 Å². The minimum Gasteiger partial charge on any atom is -0.481 e. The van der Waals surface area contributed by atoms with Crippen molar-refractivity contribution in [3.63, 3.8) is 0 Å². The number of fused-ring (bicyclic) bond motifs is 3. The molecule has 0 spiro atoms. The fourth-order valence-corrected chi connectivity index (χ4v) is 4.58. The van der Waals surface area contributed by atoms with Gasteiger partial charge in [0.1, 0.15) is 0 Å².